The van der Waals surface area contributed by atoms with Gasteiger partial charge in [-0.2, -0.15) is 11.8 Å². The van der Waals surface area contributed by atoms with Crippen molar-refractivity contribution in [2.75, 3.05) is 18.1 Å². The van der Waals surface area contributed by atoms with Gasteiger partial charge < -0.3 is 10.5 Å². The van der Waals surface area contributed by atoms with Crippen molar-refractivity contribution < 1.29 is 4.74 Å². The molecule has 4 heteroatoms. The molecule has 0 aliphatic carbocycles. The zero-order chi connectivity index (χ0) is 14.0. The van der Waals surface area contributed by atoms with E-state index in [1.165, 1.54) is 24.3 Å². The SMILES string of the molecule is Cc1cccc(C(N)C2CCOC3(CCSCC3)C2)n1. The van der Waals surface area contributed by atoms with Crippen LogP contribution < -0.4 is 5.73 Å². The van der Waals surface area contributed by atoms with Crippen molar-refractivity contribution in [2.24, 2.45) is 11.7 Å². The molecule has 2 aliphatic heterocycles. The first-order chi connectivity index (χ1) is 9.69. The van der Waals surface area contributed by atoms with Crippen LogP contribution >= 0.6 is 11.8 Å². The Morgan fingerprint density at radius 1 is 1.40 bits per heavy atom. The van der Waals surface area contributed by atoms with Gasteiger partial charge in [-0.15, -0.1) is 0 Å². The summed E-state index contributed by atoms with van der Waals surface area (Å²) < 4.78 is 6.16. The van der Waals surface area contributed by atoms with Crippen molar-refractivity contribution >= 4 is 11.8 Å². The largest absolute Gasteiger partial charge is 0.375 e. The lowest BCUT2D eigenvalue weighted by atomic mass is 9.78. The van der Waals surface area contributed by atoms with Crippen LogP contribution in [0.25, 0.3) is 0 Å². The molecule has 3 rings (SSSR count). The first-order valence-electron chi connectivity index (χ1n) is 7.59. The molecule has 0 radical (unpaired) electrons. The lowest BCUT2D eigenvalue weighted by molar-refractivity contribution is -0.106. The highest BCUT2D eigenvalue weighted by Crippen LogP contribution is 2.42. The van der Waals surface area contributed by atoms with Gasteiger partial charge >= 0.3 is 0 Å². The third kappa shape index (κ3) is 3.02. The molecule has 1 aromatic rings. The number of pyridine rings is 1. The van der Waals surface area contributed by atoms with E-state index >= 15 is 0 Å². The van der Waals surface area contributed by atoms with Crippen LogP contribution in [0.1, 0.15) is 43.1 Å². The minimum atomic E-state index is 0.0465. The van der Waals surface area contributed by atoms with Crippen molar-refractivity contribution in [3.8, 4) is 0 Å². The Hall–Kier alpha value is -0.580. The summed E-state index contributed by atoms with van der Waals surface area (Å²) in [6, 6.07) is 6.20. The standard InChI is InChI=1S/C16H24N2OS/c1-12-3-2-4-14(18-12)15(17)13-5-8-19-16(11-13)6-9-20-10-7-16/h2-4,13,15H,5-11,17H2,1H3. The Morgan fingerprint density at radius 2 is 2.20 bits per heavy atom. The molecule has 0 bridgehead atoms. The van der Waals surface area contributed by atoms with Gasteiger partial charge in [-0.1, -0.05) is 6.07 Å². The van der Waals surface area contributed by atoms with Crippen molar-refractivity contribution in [2.45, 2.75) is 44.2 Å². The molecule has 2 fully saturated rings. The topological polar surface area (TPSA) is 48.1 Å². The molecule has 20 heavy (non-hydrogen) atoms. The van der Waals surface area contributed by atoms with Gasteiger partial charge in [0.2, 0.25) is 0 Å². The van der Waals surface area contributed by atoms with Crippen LogP contribution in [-0.4, -0.2) is 28.7 Å². The lowest BCUT2D eigenvalue weighted by Gasteiger charge is -2.44. The molecular formula is C16H24N2OS. The lowest BCUT2D eigenvalue weighted by Crippen LogP contribution is -2.45. The molecule has 0 aromatic carbocycles. The van der Waals surface area contributed by atoms with Crippen LogP contribution in [0.3, 0.4) is 0 Å². The number of aryl methyl sites for hydroxylation is 1. The Bertz CT molecular complexity index is 454. The first-order valence-corrected chi connectivity index (χ1v) is 8.75. The molecule has 2 aliphatic rings. The van der Waals surface area contributed by atoms with Crippen molar-refractivity contribution in [1.29, 1.82) is 0 Å². The van der Waals surface area contributed by atoms with Crippen LogP contribution in [0.15, 0.2) is 18.2 Å². The maximum atomic E-state index is 6.51. The summed E-state index contributed by atoms with van der Waals surface area (Å²) in [5.41, 5.74) is 8.70. The van der Waals surface area contributed by atoms with Gasteiger partial charge in [-0.3, -0.25) is 4.98 Å². The fraction of sp³-hybridized carbons (Fsp3) is 0.688. The van der Waals surface area contributed by atoms with E-state index in [4.69, 9.17) is 10.5 Å². The highest BCUT2D eigenvalue weighted by atomic mass is 32.2. The number of hydrogen-bond donors (Lipinski definition) is 1. The average molecular weight is 292 g/mol. The van der Waals surface area contributed by atoms with Gasteiger partial charge in [0.25, 0.3) is 0 Å². The van der Waals surface area contributed by atoms with E-state index in [1.54, 1.807) is 0 Å². The second-order valence-corrected chi connectivity index (χ2v) is 7.35. The molecule has 1 aromatic heterocycles. The van der Waals surface area contributed by atoms with Gasteiger partial charge in [-0.05, 0) is 62.2 Å². The van der Waals surface area contributed by atoms with E-state index in [9.17, 15) is 0 Å². The summed E-state index contributed by atoms with van der Waals surface area (Å²) in [4.78, 5) is 4.61. The Labute approximate surface area is 125 Å². The van der Waals surface area contributed by atoms with Crippen LogP contribution in [0.4, 0.5) is 0 Å². The number of ether oxygens (including phenoxy) is 1. The highest BCUT2D eigenvalue weighted by Gasteiger charge is 2.40. The third-order valence-corrected chi connectivity index (χ3v) is 5.68. The molecule has 2 atom stereocenters. The maximum absolute atomic E-state index is 6.51. The van der Waals surface area contributed by atoms with E-state index in [0.29, 0.717) is 5.92 Å². The van der Waals surface area contributed by atoms with Crippen LogP contribution in [0.2, 0.25) is 0 Å². The molecule has 2 N–H and O–H groups in total. The quantitative estimate of drug-likeness (QED) is 0.910. The fourth-order valence-corrected chi connectivity index (χ4v) is 4.69. The van der Waals surface area contributed by atoms with Crippen LogP contribution in [0.5, 0.6) is 0 Å². The van der Waals surface area contributed by atoms with Gasteiger partial charge in [0.15, 0.2) is 0 Å². The molecule has 0 saturated carbocycles. The van der Waals surface area contributed by atoms with E-state index in [0.717, 1.165) is 30.8 Å². The smallest absolute Gasteiger partial charge is 0.0701 e. The number of aromatic nitrogens is 1. The number of hydrogen-bond acceptors (Lipinski definition) is 4. The summed E-state index contributed by atoms with van der Waals surface area (Å²) in [5, 5.41) is 0. The summed E-state index contributed by atoms with van der Waals surface area (Å²) in [5.74, 6) is 2.95. The summed E-state index contributed by atoms with van der Waals surface area (Å²) >= 11 is 2.05. The number of thioether (sulfide) groups is 1. The fourth-order valence-electron chi connectivity index (χ4n) is 3.46. The molecule has 3 nitrogen and oxygen atoms in total. The summed E-state index contributed by atoms with van der Waals surface area (Å²) in [6.07, 6.45) is 4.53. The number of rotatable bonds is 2. The predicted molar refractivity (Wildman–Crippen MR) is 83.9 cm³/mol. The Balaban J connectivity index is 1.73. The summed E-state index contributed by atoms with van der Waals surface area (Å²) in [6.45, 7) is 2.88. The highest BCUT2D eigenvalue weighted by molar-refractivity contribution is 7.99. The number of nitrogens with two attached hydrogens (primary N) is 1. The van der Waals surface area contributed by atoms with E-state index in [2.05, 4.69) is 17.1 Å². The Morgan fingerprint density at radius 3 is 2.95 bits per heavy atom. The van der Waals surface area contributed by atoms with Crippen LogP contribution in [-0.2, 0) is 4.74 Å². The molecular weight excluding hydrogens is 268 g/mol. The normalized spacial score (nSPS) is 27.4. The zero-order valence-corrected chi connectivity index (χ0v) is 13.0. The molecule has 1 spiro atoms. The van der Waals surface area contributed by atoms with E-state index in [-0.39, 0.29) is 11.6 Å². The second-order valence-electron chi connectivity index (χ2n) is 6.13. The monoisotopic (exact) mass is 292 g/mol. The minimum absolute atomic E-state index is 0.0465. The van der Waals surface area contributed by atoms with E-state index < -0.39 is 0 Å². The van der Waals surface area contributed by atoms with Gasteiger partial charge in [0, 0.05) is 12.3 Å². The van der Waals surface area contributed by atoms with Gasteiger partial charge in [-0.25, -0.2) is 0 Å². The molecule has 2 unspecified atom stereocenters. The molecule has 0 amide bonds. The van der Waals surface area contributed by atoms with Gasteiger partial charge in [0.1, 0.15) is 0 Å². The summed E-state index contributed by atoms with van der Waals surface area (Å²) in [7, 11) is 0. The molecule has 110 valence electrons. The second kappa shape index (κ2) is 6.04. The molecule has 3 heterocycles. The third-order valence-electron chi connectivity index (χ3n) is 4.69. The van der Waals surface area contributed by atoms with Crippen LogP contribution in [0, 0.1) is 12.8 Å². The van der Waals surface area contributed by atoms with Crippen molar-refractivity contribution in [1.82, 2.24) is 4.98 Å². The zero-order valence-electron chi connectivity index (χ0n) is 12.2. The molecule has 2 saturated heterocycles. The Kier molecular flexibility index (Phi) is 4.34. The van der Waals surface area contributed by atoms with Crippen molar-refractivity contribution in [3.63, 3.8) is 0 Å². The first kappa shape index (κ1) is 14.4. The minimum Gasteiger partial charge on any atom is -0.375 e. The van der Waals surface area contributed by atoms with Crippen molar-refractivity contribution in [3.05, 3.63) is 29.6 Å². The van der Waals surface area contributed by atoms with Gasteiger partial charge in [0.05, 0.1) is 17.3 Å². The predicted octanol–water partition coefficient (Wildman–Crippen LogP) is 3.08. The average Bonchev–Trinajstić information content (AvgIpc) is 2.47. The van der Waals surface area contributed by atoms with E-state index in [1.807, 2.05) is 24.8 Å². The number of nitrogens with zero attached hydrogens (tertiary/aromatic N) is 1. The maximum Gasteiger partial charge on any atom is 0.0701 e.